The molecule has 2 aromatic rings. The summed E-state index contributed by atoms with van der Waals surface area (Å²) in [7, 11) is 3.53. The van der Waals surface area contributed by atoms with Gasteiger partial charge in [0.05, 0.1) is 17.4 Å². The largest absolute Gasteiger partial charge is 0.347 e. The number of likely N-dealkylation sites (N-methyl/N-ethyl adjacent to an activating group) is 1. The lowest BCUT2D eigenvalue weighted by molar-refractivity contribution is -0.130. The first-order valence-electron chi connectivity index (χ1n) is 6.38. The molecular formula is C14H20N4O. The summed E-state index contributed by atoms with van der Waals surface area (Å²) in [6.07, 6.45) is 1.99. The second kappa shape index (κ2) is 5.40. The van der Waals surface area contributed by atoms with E-state index in [-0.39, 0.29) is 11.9 Å². The molecule has 5 nitrogen and oxygen atoms in total. The molecule has 2 heterocycles. The van der Waals surface area contributed by atoms with Gasteiger partial charge >= 0.3 is 0 Å². The van der Waals surface area contributed by atoms with Crippen molar-refractivity contribution in [3.63, 3.8) is 0 Å². The van der Waals surface area contributed by atoms with Crippen LogP contribution in [0.1, 0.15) is 18.3 Å². The quantitative estimate of drug-likeness (QED) is 0.899. The maximum absolute atomic E-state index is 11.8. The maximum Gasteiger partial charge on any atom is 0.238 e. The Hall–Kier alpha value is -1.88. The normalized spacial score (nSPS) is 12.6. The van der Waals surface area contributed by atoms with E-state index < -0.39 is 0 Å². The Kier molecular flexibility index (Phi) is 3.85. The van der Waals surface area contributed by atoms with Crippen LogP contribution in [0.3, 0.4) is 0 Å². The van der Waals surface area contributed by atoms with Crippen molar-refractivity contribution in [2.45, 2.75) is 26.4 Å². The zero-order valence-electron chi connectivity index (χ0n) is 11.8. The van der Waals surface area contributed by atoms with Gasteiger partial charge in [-0.05, 0) is 26.0 Å². The number of carbonyl (C=O) groups excluding carboxylic acids is 1. The molecule has 0 bridgehead atoms. The monoisotopic (exact) mass is 260 g/mol. The number of rotatable bonds is 4. The average molecular weight is 260 g/mol. The molecule has 0 aliphatic carbocycles. The summed E-state index contributed by atoms with van der Waals surface area (Å²) in [5.41, 5.74) is 3.01. The van der Waals surface area contributed by atoms with Crippen molar-refractivity contribution in [1.29, 1.82) is 0 Å². The fourth-order valence-corrected chi connectivity index (χ4v) is 2.10. The minimum absolute atomic E-state index is 0.0754. The Bertz CT molecular complexity index is 588. The van der Waals surface area contributed by atoms with Gasteiger partial charge in [0.1, 0.15) is 5.65 Å². The molecule has 5 heteroatoms. The van der Waals surface area contributed by atoms with Gasteiger partial charge in [-0.3, -0.25) is 4.79 Å². The molecule has 19 heavy (non-hydrogen) atoms. The van der Waals surface area contributed by atoms with Gasteiger partial charge < -0.3 is 14.6 Å². The summed E-state index contributed by atoms with van der Waals surface area (Å²) in [6, 6.07) is 5.72. The lowest BCUT2D eigenvalue weighted by Crippen LogP contribution is -2.41. The van der Waals surface area contributed by atoms with E-state index in [9.17, 15) is 4.79 Å². The van der Waals surface area contributed by atoms with Crippen LogP contribution >= 0.6 is 0 Å². The molecular weight excluding hydrogens is 240 g/mol. The average Bonchev–Trinajstić information content (AvgIpc) is 2.70. The maximum atomic E-state index is 11.8. The minimum Gasteiger partial charge on any atom is -0.347 e. The topological polar surface area (TPSA) is 49.6 Å². The zero-order valence-corrected chi connectivity index (χ0v) is 11.8. The lowest BCUT2D eigenvalue weighted by Gasteiger charge is -2.18. The first-order valence-corrected chi connectivity index (χ1v) is 6.38. The standard InChI is InChI=1S/C14H20N4O/c1-10-12(9-15-11(2)14(19)17(3)4)18-8-6-5-7-13(18)16-10/h5-8,11,15H,9H2,1-4H3. The molecule has 102 valence electrons. The minimum atomic E-state index is -0.205. The number of carbonyl (C=O) groups is 1. The number of imidazole rings is 1. The second-order valence-corrected chi connectivity index (χ2v) is 4.91. The fourth-order valence-electron chi connectivity index (χ4n) is 2.10. The van der Waals surface area contributed by atoms with Crippen LogP contribution in [-0.2, 0) is 11.3 Å². The molecule has 0 saturated heterocycles. The number of aryl methyl sites for hydroxylation is 1. The van der Waals surface area contributed by atoms with Gasteiger partial charge in [0.25, 0.3) is 0 Å². The molecule has 2 rings (SSSR count). The van der Waals surface area contributed by atoms with Crippen molar-refractivity contribution >= 4 is 11.6 Å². The number of aromatic nitrogens is 2. The van der Waals surface area contributed by atoms with Crippen molar-refractivity contribution in [3.8, 4) is 0 Å². The number of hydrogen-bond acceptors (Lipinski definition) is 3. The predicted octanol–water partition coefficient (Wildman–Crippen LogP) is 1.21. The highest BCUT2D eigenvalue weighted by molar-refractivity contribution is 5.80. The predicted molar refractivity (Wildman–Crippen MR) is 74.9 cm³/mol. The van der Waals surface area contributed by atoms with Crippen molar-refractivity contribution in [1.82, 2.24) is 19.6 Å². The molecule has 0 aliphatic heterocycles. The molecule has 0 aliphatic rings. The summed E-state index contributed by atoms with van der Waals surface area (Å²) in [6.45, 7) is 4.49. The molecule has 0 fully saturated rings. The van der Waals surface area contributed by atoms with Crippen LogP contribution in [0.4, 0.5) is 0 Å². The number of fused-ring (bicyclic) bond motifs is 1. The number of hydrogen-bond donors (Lipinski definition) is 1. The first kappa shape index (κ1) is 13.5. The van der Waals surface area contributed by atoms with Crippen LogP contribution < -0.4 is 5.32 Å². The second-order valence-electron chi connectivity index (χ2n) is 4.91. The van der Waals surface area contributed by atoms with Gasteiger partial charge in [0.2, 0.25) is 5.91 Å². The molecule has 0 radical (unpaired) electrons. The van der Waals surface area contributed by atoms with E-state index in [1.165, 1.54) is 0 Å². The summed E-state index contributed by atoms with van der Waals surface area (Å²) in [4.78, 5) is 17.9. The highest BCUT2D eigenvalue weighted by Crippen LogP contribution is 2.11. The third-order valence-corrected chi connectivity index (χ3v) is 3.22. The van der Waals surface area contributed by atoms with Crippen LogP contribution in [-0.4, -0.2) is 40.3 Å². The Balaban J connectivity index is 2.14. The van der Waals surface area contributed by atoms with E-state index in [4.69, 9.17) is 0 Å². The van der Waals surface area contributed by atoms with E-state index in [1.807, 2.05) is 38.2 Å². The van der Waals surface area contributed by atoms with Crippen molar-refractivity contribution in [3.05, 3.63) is 35.8 Å². The number of nitrogens with zero attached hydrogens (tertiary/aromatic N) is 3. The molecule has 1 atom stereocenters. The summed E-state index contributed by atoms with van der Waals surface area (Å²) < 4.78 is 2.05. The smallest absolute Gasteiger partial charge is 0.238 e. The van der Waals surface area contributed by atoms with Crippen molar-refractivity contribution in [2.75, 3.05) is 14.1 Å². The van der Waals surface area contributed by atoms with Gasteiger partial charge in [0.15, 0.2) is 0 Å². The van der Waals surface area contributed by atoms with Crippen molar-refractivity contribution < 1.29 is 4.79 Å². The molecule has 0 spiro atoms. The number of nitrogens with one attached hydrogen (secondary N) is 1. The molecule has 2 aromatic heterocycles. The summed E-state index contributed by atoms with van der Waals surface area (Å²) in [5.74, 6) is 0.0754. The Morgan fingerprint density at radius 2 is 2.21 bits per heavy atom. The lowest BCUT2D eigenvalue weighted by atomic mass is 10.2. The highest BCUT2D eigenvalue weighted by atomic mass is 16.2. The SMILES string of the molecule is Cc1nc2ccccn2c1CNC(C)C(=O)N(C)C. The van der Waals surface area contributed by atoms with Crippen LogP contribution in [0.25, 0.3) is 5.65 Å². The highest BCUT2D eigenvalue weighted by Gasteiger charge is 2.15. The molecule has 1 N–H and O–H groups in total. The van der Waals surface area contributed by atoms with Gasteiger partial charge in [-0.25, -0.2) is 4.98 Å². The Morgan fingerprint density at radius 1 is 1.47 bits per heavy atom. The van der Waals surface area contributed by atoms with Crippen LogP contribution in [0.2, 0.25) is 0 Å². The van der Waals surface area contributed by atoms with Crippen LogP contribution in [0, 0.1) is 6.92 Å². The molecule has 1 amide bonds. The van der Waals surface area contributed by atoms with Gasteiger partial charge in [-0.2, -0.15) is 0 Å². The van der Waals surface area contributed by atoms with Gasteiger partial charge in [-0.1, -0.05) is 6.07 Å². The first-order chi connectivity index (χ1) is 9.00. The van der Waals surface area contributed by atoms with E-state index in [0.29, 0.717) is 6.54 Å². The molecule has 0 aromatic carbocycles. The van der Waals surface area contributed by atoms with E-state index >= 15 is 0 Å². The van der Waals surface area contributed by atoms with Crippen LogP contribution in [0.15, 0.2) is 24.4 Å². The third kappa shape index (κ3) is 2.76. The van der Waals surface area contributed by atoms with E-state index in [1.54, 1.807) is 19.0 Å². The third-order valence-electron chi connectivity index (χ3n) is 3.22. The fraction of sp³-hybridized carbons (Fsp3) is 0.429. The van der Waals surface area contributed by atoms with Gasteiger partial charge in [-0.15, -0.1) is 0 Å². The Morgan fingerprint density at radius 3 is 2.89 bits per heavy atom. The zero-order chi connectivity index (χ0) is 14.0. The molecule has 1 unspecified atom stereocenters. The van der Waals surface area contributed by atoms with Crippen LogP contribution in [0.5, 0.6) is 0 Å². The Labute approximate surface area is 113 Å². The summed E-state index contributed by atoms with van der Waals surface area (Å²) in [5, 5.41) is 3.25. The molecule has 0 saturated carbocycles. The van der Waals surface area contributed by atoms with E-state index in [0.717, 1.165) is 17.0 Å². The summed E-state index contributed by atoms with van der Waals surface area (Å²) >= 11 is 0. The van der Waals surface area contributed by atoms with E-state index in [2.05, 4.69) is 14.7 Å². The number of amides is 1. The van der Waals surface area contributed by atoms with Crippen molar-refractivity contribution in [2.24, 2.45) is 0 Å². The number of pyridine rings is 1. The van der Waals surface area contributed by atoms with Gasteiger partial charge in [0, 0.05) is 26.8 Å².